The van der Waals surface area contributed by atoms with Crippen molar-refractivity contribution in [3.63, 3.8) is 0 Å². The second-order valence-electron chi connectivity index (χ2n) is 4.66. The molecule has 0 aliphatic rings. The Kier molecular flexibility index (Phi) is 3.80. The number of nitrogens with zero attached hydrogens (tertiary/aromatic N) is 1. The molecule has 1 heterocycles. The van der Waals surface area contributed by atoms with Crippen molar-refractivity contribution in [3.05, 3.63) is 64.2 Å². The molecule has 110 valence electrons. The van der Waals surface area contributed by atoms with Crippen LogP contribution in [-0.4, -0.2) is 10.8 Å². The average Bonchev–Trinajstić information content (AvgIpc) is 2.35. The zero-order valence-corrected chi connectivity index (χ0v) is 11.3. The first-order valence-electron chi connectivity index (χ1n) is 6.05. The van der Waals surface area contributed by atoms with Gasteiger partial charge in [-0.15, -0.1) is 0 Å². The Bertz CT molecular complexity index is 687. The van der Waals surface area contributed by atoms with E-state index in [-0.39, 0.29) is 11.1 Å². The lowest BCUT2D eigenvalue weighted by Gasteiger charge is -2.09. The lowest BCUT2D eigenvalue weighted by Crippen LogP contribution is -2.10. The molecule has 21 heavy (non-hydrogen) atoms. The van der Waals surface area contributed by atoms with E-state index in [1.165, 1.54) is 12.1 Å². The molecule has 0 N–H and O–H groups in total. The predicted molar refractivity (Wildman–Crippen MR) is 68.5 cm³/mol. The molecule has 0 spiro atoms. The largest absolute Gasteiger partial charge is 0.419 e. The van der Waals surface area contributed by atoms with Gasteiger partial charge in [-0.25, -0.2) is 4.39 Å². The van der Waals surface area contributed by atoms with Crippen molar-refractivity contribution in [2.75, 3.05) is 0 Å². The summed E-state index contributed by atoms with van der Waals surface area (Å²) in [6, 6.07) is 5.16. The van der Waals surface area contributed by atoms with E-state index in [9.17, 15) is 22.4 Å². The van der Waals surface area contributed by atoms with E-state index in [2.05, 4.69) is 4.98 Å². The molecule has 2 nitrogen and oxygen atoms in total. The summed E-state index contributed by atoms with van der Waals surface area (Å²) in [6.45, 7) is 3.38. The number of alkyl halides is 3. The Morgan fingerprint density at radius 3 is 2.05 bits per heavy atom. The number of ketones is 1. The second-order valence-corrected chi connectivity index (χ2v) is 4.66. The Balaban J connectivity index is 2.43. The van der Waals surface area contributed by atoms with Gasteiger partial charge in [-0.1, -0.05) is 6.07 Å². The van der Waals surface area contributed by atoms with Crippen LogP contribution in [0.5, 0.6) is 0 Å². The number of aromatic nitrogens is 1. The van der Waals surface area contributed by atoms with Gasteiger partial charge in [-0.2, -0.15) is 13.2 Å². The Morgan fingerprint density at radius 2 is 1.57 bits per heavy atom. The molecular weight excluding hydrogens is 286 g/mol. The van der Waals surface area contributed by atoms with Crippen LogP contribution >= 0.6 is 0 Å². The molecule has 0 atom stereocenters. The van der Waals surface area contributed by atoms with Crippen molar-refractivity contribution in [2.45, 2.75) is 20.0 Å². The maximum Gasteiger partial charge on any atom is 0.419 e. The fourth-order valence-electron chi connectivity index (χ4n) is 2.02. The lowest BCUT2D eigenvalue weighted by atomic mass is 10.0. The minimum atomic E-state index is -4.78. The molecule has 0 saturated heterocycles. The monoisotopic (exact) mass is 297 g/mol. The average molecular weight is 297 g/mol. The molecule has 0 amide bonds. The topological polar surface area (TPSA) is 30.0 Å². The van der Waals surface area contributed by atoms with Gasteiger partial charge in [0, 0.05) is 22.5 Å². The number of halogens is 4. The number of carbonyl (C=O) groups is 1. The third kappa shape index (κ3) is 3.26. The normalized spacial score (nSPS) is 11.5. The molecule has 1 aromatic carbocycles. The molecule has 1 aromatic heterocycles. The van der Waals surface area contributed by atoms with Gasteiger partial charge in [0.25, 0.3) is 0 Å². The van der Waals surface area contributed by atoms with Crippen molar-refractivity contribution < 1.29 is 22.4 Å². The minimum absolute atomic E-state index is 0.134. The third-order valence-electron chi connectivity index (χ3n) is 2.88. The lowest BCUT2D eigenvalue weighted by molar-refractivity contribution is -0.140. The number of carbonyl (C=O) groups excluding carboxylic acids is 1. The van der Waals surface area contributed by atoms with Crippen molar-refractivity contribution in [2.24, 2.45) is 0 Å². The number of rotatable bonds is 2. The van der Waals surface area contributed by atoms with E-state index in [1.807, 2.05) is 0 Å². The van der Waals surface area contributed by atoms with Gasteiger partial charge >= 0.3 is 6.18 Å². The molecule has 2 rings (SSSR count). The molecule has 0 radical (unpaired) electrons. The molecule has 0 aliphatic heterocycles. The van der Waals surface area contributed by atoms with Gasteiger partial charge in [-0.3, -0.25) is 9.78 Å². The van der Waals surface area contributed by atoms with Gasteiger partial charge in [-0.05, 0) is 38.1 Å². The van der Waals surface area contributed by atoms with Crippen LogP contribution in [0.4, 0.5) is 17.6 Å². The highest BCUT2D eigenvalue weighted by atomic mass is 19.4. The molecule has 0 saturated carbocycles. The summed E-state index contributed by atoms with van der Waals surface area (Å²) in [5, 5.41) is 0. The maximum absolute atomic E-state index is 13.5. The number of hydrogen-bond acceptors (Lipinski definition) is 2. The van der Waals surface area contributed by atoms with Crippen LogP contribution in [0.15, 0.2) is 30.3 Å². The van der Waals surface area contributed by atoms with E-state index in [0.29, 0.717) is 23.5 Å². The second kappa shape index (κ2) is 5.27. The SMILES string of the molecule is Cc1cc(C(=O)c2ccc(C(F)(F)F)c(F)c2)cc(C)n1. The van der Waals surface area contributed by atoms with Crippen LogP contribution < -0.4 is 0 Å². The minimum Gasteiger partial charge on any atom is -0.289 e. The number of pyridine rings is 1. The predicted octanol–water partition coefficient (Wildman–Crippen LogP) is 4.09. The van der Waals surface area contributed by atoms with E-state index in [1.54, 1.807) is 13.8 Å². The van der Waals surface area contributed by atoms with Crippen molar-refractivity contribution in [1.82, 2.24) is 4.98 Å². The molecule has 0 unspecified atom stereocenters. The smallest absolute Gasteiger partial charge is 0.289 e. The highest BCUT2D eigenvalue weighted by Gasteiger charge is 2.34. The zero-order valence-electron chi connectivity index (χ0n) is 11.3. The summed E-state index contributed by atoms with van der Waals surface area (Å²) in [6.07, 6.45) is -4.78. The molecular formula is C15H11F4NO. The molecule has 0 aliphatic carbocycles. The molecule has 0 fully saturated rings. The van der Waals surface area contributed by atoms with Crippen LogP contribution in [0, 0.1) is 19.7 Å². The standard InChI is InChI=1S/C15H11F4NO/c1-8-5-11(6-9(2)20-8)14(21)10-3-4-12(13(16)7-10)15(17,18)19/h3-7H,1-2H3. The van der Waals surface area contributed by atoms with Crippen molar-refractivity contribution in [1.29, 1.82) is 0 Å². The fourth-order valence-corrected chi connectivity index (χ4v) is 2.02. The van der Waals surface area contributed by atoms with Gasteiger partial charge in [0.1, 0.15) is 5.82 Å². The highest BCUT2D eigenvalue weighted by molar-refractivity contribution is 6.09. The Hall–Kier alpha value is -2.24. The quantitative estimate of drug-likeness (QED) is 0.617. The number of hydrogen-bond donors (Lipinski definition) is 0. The summed E-state index contributed by atoms with van der Waals surface area (Å²) in [7, 11) is 0. The maximum atomic E-state index is 13.5. The first kappa shape index (κ1) is 15.2. The van der Waals surface area contributed by atoms with Crippen LogP contribution in [0.2, 0.25) is 0 Å². The molecule has 0 bridgehead atoms. The first-order valence-corrected chi connectivity index (χ1v) is 6.05. The summed E-state index contributed by atoms with van der Waals surface area (Å²) >= 11 is 0. The van der Waals surface area contributed by atoms with Crippen LogP contribution in [0.25, 0.3) is 0 Å². The van der Waals surface area contributed by atoms with Gasteiger partial charge < -0.3 is 0 Å². The Labute approximate surface area is 118 Å². The van der Waals surface area contributed by atoms with E-state index < -0.39 is 23.3 Å². The van der Waals surface area contributed by atoms with Gasteiger partial charge in [0.05, 0.1) is 5.56 Å². The summed E-state index contributed by atoms with van der Waals surface area (Å²) in [5.74, 6) is -2.01. The molecule has 2 aromatic rings. The van der Waals surface area contributed by atoms with Crippen molar-refractivity contribution >= 4 is 5.78 Å². The van der Waals surface area contributed by atoms with E-state index in [0.717, 1.165) is 6.07 Å². The van der Waals surface area contributed by atoms with E-state index in [4.69, 9.17) is 0 Å². The number of benzene rings is 1. The highest BCUT2D eigenvalue weighted by Crippen LogP contribution is 2.31. The first-order chi connectivity index (χ1) is 9.68. The Morgan fingerprint density at radius 1 is 1.00 bits per heavy atom. The summed E-state index contributed by atoms with van der Waals surface area (Å²) < 4.78 is 50.9. The van der Waals surface area contributed by atoms with Crippen LogP contribution in [0.3, 0.4) is 0 Å². The van der Waals surface area contributed by atoms with Crippen LogP contribution in [0.1, 0.15) is 32.9 Å². The van der Waals surface area contributed by atoms with Crippen molar-refractivity contribution in [3.8, 4) is 0 Å². The fraction of sp³-hybridized carbons (Fsp3) is 0.200. The molecule has 6 heteroatoms. The zero-order chi connectivity index (χ0) is 15.8. The summed E-state index contributed by atoms with van der Waals surface area (Å²) in [5.41, 5.74) is -0.0535. The van der Waals surface area contributed by atoms with Crippen LogP contribution in [-0.2, 0) is 6.18 Å². The number of aryl methyl sites for hydroxylation is 2. The summed E-state index contributed by atoms with van der Waals surface area (Å²) in [4.78, 5) is 16.3. The van der Waals surface area contributed by atoms with Gasteiger partial charge in [0.15, 0.2) is 5.78 Å². The third-order valence-corrected chi connectivity index (χ3v) is 2.88. The van der Waals surface area contributed by atoms with E-state index >= 15 is 0 Å². The van der Waals surface area contributed by atoms with Gasteiger partial charge in [0.2, 0.25) is 0 Å².